The summed E-state index contributed by atoms with van der Waals surface area (Å²) in [4.78, 5) is 4.06. The summed E-state index contributed by atoms with van der Waals surface area (Å²) in [6, 6.07) is 4.83. The average Bonchev–Trinajstić information content (AvgIpc) is 2.90. The van der Waals surface area contributed by atoms with Crippen LogP contribution in [0.15, 0.2) is 30.6 Å². The van der Waals surface area contributed by atoms with E-state index in [4.69, 9.17) is 0 Å². The third kappa shape index (κ3) is 2.42. The van der Waals surface area contributed by atoms with Crippen molar-refractivity contribution in [1.82, 2.24) is 25.0 Å². The fourth-order valence-electron chi connectivity index (χ4n) is 2.06. The highest BCUT2D eigenvalue weighted by atomic mass is 19.1. The van der Waals surface area contributed by atoms with Crippen LogP contribution in [0.25, 0.3) is 5.65 Å². The normalized spacial score (nSPS) is 10.9. The SMILES string of the molecule is Cc1cc(F)ccc1CCNc1cncc2nnnn12. The van der Waals surface area contributed by atoms with Gasteiger partial charge in [-0.05, 0) is 47.0 Å². The summed E-state index contributed by atoms with van der Waals surface area (Å²) in [7, 11) is 0. The summed E-state index contributed by atoms with van der Waals surface area (Å²) in [5, 5.41) is 14.5. The first-order valence-corrected chi connectivity index (χ1v) is 6.25. The van der Waals surface area contributed by atoms with Crippen molar-refractivity contribution in [2.24, 2.45) is 0 Å². The Bertz CT molecular complexity index is 739. The van der Waals surface area contributed by atoms with Gasteiger partial charge in [0.2, 0.25) is 0 Å². The quantitative estimate of drug-likeness (QED) is 0.781. The molecule has 0 fully saturated rings. The van der Waals surface area contributed by atoms with Crippen molar-refractivity contribution in [1.29, 1.82) is 0 Å². The van der Waals surface area contributed by atoms with Crippen molar-refractivity contribution in [2.45, 2.75) is 13.3 Å². The molecule has 2 heterocycles. The molecule has 2 aromatic heterocycles. The minimum absolute atomic E-state index is 0.207. The molecular formula is C13H13FN6. The summed E-state index contributed by atoms with van der Waals surface area (Å²) in [6.45, 7) is 2.59. The maximum absolute atomic E-state index is 13.0. The molecule has 20 heavy (non-hydrogen) atoms. The molecule has 0 spiro atoms. The van der Waals surface area contributed by atoms with Crippen molar-refractivity contribution in [3.8, 4) is 0 Å². The zero-order chi connectivity index (χ0) is 13.9. The Labute approximate surface area is 114 Å². The van der Waals surface area contributed by atoms with Crippen LogP contribution in [-0.2, 0) is 6.42 Å². The standard InChI is InChI=1S/C13H13FN6/c1-9-6-11(14)3-2-10(9)4-5-16-12-7-15-8-13-17-18-19-20(12)13/h2-3,6-8,16H,4-5H2,1H3. The molecule has 0 radical (unpaired) electrons. The molecule has 0 aliphatic heterocycles. The third-order valence-electron chi connectivity index (χ3n) is 3.11. The number of tetrazole rings is 1. The first-order valence-electron chi connectivity index (χ1n) is 6.25. The van der Waals surface area contributed by atoms with Gasteiger partial charge >= 0.3 is 0 Å². The second kappa shape index (κ2) is 5.20. The lowest BCUT2D eigenvalue weighted by atomic mass is 10.1. The van der Waals surface area contributed by atoms with Gasteiger partial charge in [-0.25, -0.2) is 4.39 Å². The van der Waals surface area contributed by atoms with Gasteiger partial charge in [0, 0.05) is 6.54 Å². The third-order valence-corrected chi connectivity index (χ3v) is 3.11. The van der Waals surface area contributed by atoms with Crippen LogP contribution in [0, 0.1) is 12.7 Å². The van der Waals surface area contributed by atoms with Gasteiger partial charge in [-0.2, -0.15) is 4.52 Å². The fourth-order valence-corrected chi connectivity index (χ4v) is 2.06. The molecule has 0 aliphatic carbocycles. The molecule has 0 unspecified atom stereocenters. The lowest BCUT2D eigenvalue weighted by Gasteiger charge is -2.08. The van der Waals surface area contributed by atoms with Crippen molar-refractivity contribution >= 4 is 11.5 Å². The van der Waals surface area contributed by atoms with E-state index in [0.29, 0.717) is 12.2 Å². The van der Waals surface area contributed by atoms with Crippen LogP contribution in [-0.4, -0.2) is 31.6 Å². The fraction of sp³-hybridized carbons (Fsp3) is 0.231. The molecule has 102 valence electrons. The van der Waals surface area contributed by atoms with Crippen LogP contribution in [0.3, 0.4) is 0 Å². The highest BCUT2D eigenvalue weighted by molar-refractivity contribution is 5.43. The number of nitrogens with zero attached hydrogens (tertiary/aromatic N) is 5. The van der Waals surface area contributed by atoms with Gasteiger partial charge in [0.25, 0.3) is 0 Å². The van der Waals surface area contributed by atoms with E-state index in [1.807, 2.05) is 13.0 Å². The van der Waals surface area contributed by atoms with E-state index < -0.39 is 0 Å². The molecule has 7 heteroatoms. The molecule has 0 bridgehead atoms. The summed E-state index contributed by atoms with van der Waals surface area (Å²) >= 11 is 0. The zero-order valence-corrected chi connectivity index (χ0v) is 10.9. The predicted octanol–water partition coefficient (Wildman–Crippen LogP) is 1.62. The number of nitrogens with one attached hydrogen (secondary N) is 1. The number of benzene rings is 1. The number of aromatic nitrogens is 5. The molecule has 0 amide bonds. The summed E-state index contributed by atoms with van der Waals surface area (Å²) in [6.07, 6.45) is 4.04. The number of hydrogen-bond donors (Lipinski definition) is 1. The number of rotatable bonds is 4. The Morgan fingerprint density at radius 1 is 1.30 bits per heavy atom. The van der Waals surface area contributed by atoms with Gasteiger partial charge in [-0.1, -0.05) is 6.07 Å². The zero-order valence-electron chi connectivity index (χ0n) is 10.9. The lowest BCUT2D eigenvalue weighted by molar-refractivity contribution is 0.625. The van der Waals surface area contributed by atoms with Crippen LogP contribution < -0.4 is 5.32 Å². The predicted molar refractivity (Wildman–Crippen MR) is 71.9 cm³/mol. The number of hydrogen-bond acceptors (Lipinski definition) is 5. The van der Waals surface area contributed by atoms with Gasteiger partial charge in [-0.15, -0.1) is 5.10 Å². The van der Waals surface area contributed by atoms with Crippen molar-refractivity contribution in [3.63, 3.8) is 0 Å². The largest absolute Gasteiger partial charge is 0.368 e. The summed E-state index contributed by atoms with van der Waals surface area (Å²) in [5.74, 6) is 0.522. The van der Waals surface area contributed by atoms with Gasteiger partial charge < -0.3 is 5.32 Å². The molecule has 3 aromatic rings. The van der Waals surface area contributed by atoms with Gasteiger partial charge in [0.1, 0.15) is 11.6 Å². The van der Waals surface area contributed by atoms with E-state index in [9.17, 15) is 4.39 Å². The van der Waals surface area contributed by atoms with Crippen molar-refractivity contribution in [2.75, 3.05) is 11.9 Å². The average molecular weight is 272 g/mol. The van der Waals surface area contributed by atoms with E-state index >= 15 is 0 Å². The molecule has 1 N–H and O–H groups in total. The Kier molecular flexibility index (Phi) is 3.24. The second-order valence-electron chi connectivity index (χ2n) is 4.49. The number of aryl methyl sites for hydroxylation is 1. The van der Waals surface area contributed by atoms with Crippen LogP contribution in [0.4, 0.5) is 10.2 Å². The maximum atomic E-state index is 13.0. The molecule has 0 aliphatic rings. The molecule has 1 aromatic carbocycles. The molecule has 0 saturated heterocycles. The molecule has 3 rings (SSSR count). The van der Waals surface area contributed by atoms with Crippen LogP contribution in [0.1, 0.15) is 11.1 Å². The number of fused-ring (bicyclic) bond motifs is 1. The monoisotopic (exact) mass is 272 g/mol. The van der Waals surface area contributed by atoms with E-state index in [1.54, 1.807) is 23.0 Å². The summed E-state index contributed by atoms with van der Waals surface area (Å²) < 4.78 is 14.6. The second-order valence-corrected chi connectivity index (χ2v) is 4.49. The van der Waals surface area contributed by atoms with Crippen LogP contribution in [0.5, 0.6) is 0 Å². The van der Waals surface area contributed by atoms with Crippen LogP contribution >= 0.6 is 0 Å². The number of anilines is 1. The van der Waals surface area contributed by atoms with Gasteiger partial charge in [0.05, 0.1) is 12.4 Å². The highest BCUT2D eigenvalue weighted by Crippen LogP contribution is 2.11. The smallest absolute Gasteiger partial charge is 0.199 e. The van der Waals surface area contributed by atoms with Crippen LogP contribution in [0.2, 0.25) is 0 Å². The Morgan fingerprint density at radius 3 is 3.05 bits per heavy atom. The first kappa shape index (κ1) is 12.5. The van der Waals surface area contributed by atoms with E-state index in [-0.39, 0.29) is 5.82 Å². The lowest BCUT2D eigenvalue weighted by Crippen LogP contribution is -2.10. The van der Waals surface area contributed by atoms with E-state index in [0.717, 1.165) is 23.4 Å². The molecule has 6 nitrogen and oxygen atoms in total. The minimum Gasteiger partial charge on any atom is -0.368 e. The van der Waals surface area contributed by atoms with Gasteiger partial charge in [0.15, 0.2) is 5.65 Å². The Morgan fingerprint density at radius 2 is 2.20 bits per heavy atom. The highest BCUT2D eigenvalue weighted by Gasteiger charge is 2.04. The Balaban J connectivity index is 1.69. The minimum atomic E-state index is -0.207. The molecule has 0 saturated carbocycles. The van der Waals surface area contributed by atoms with E-state index in [2.05, 4.69) is 25.8 Å². The van der Waals surface area contributed by atoms with Crippen molar-refractivity contribution < 1.29 is 4.39 Å². The van der Waals surface area contributed by atoms with Gasteiger partial charge in [-0.3, -0.25) is 4.98 Å². The Hall–Kier alpha value is -2.57. The van der Waals surface area contributed by atoms with Crippen molar-refractivity contribution in [3.05, 3.63) is 47.5 Å². The number of halogens is 1. The maximum Gasteiger partial charge on any atom is 0.199 e. The molecular weight excluding hydrogens is 259 g/mol. The first-order chi connectivity index (χ1) is 9.74. The topological polar surface area (TPSA) is 68.0 Å². The van der Waals surface area contributed by atoms with E-state index in [1.165, 1.54) is 6.07 Å². The summed E-state index contributed by atoms with van der Waals surface area (Å²) in [5.41, 5.74) is 2.65. The molecule has 0 atom stereocenters.